The lowest BCUT2D eigenvalue weighted by molar-refractivity contribution is -0.138. The fourth-order valence-electron chi connectivity index (χ4n) is 5.27. The van der Waals surface area contributed by atoms with Gasteiger partial charge in [0.25, 0.3) is 0 Å². The number of fused-ring (bicyclic) bond motifs is 1. The maximum absolute atomic E-state index is 12.6. The summed E-state index contributed by atoms with van der Waals surface area (Å²) in [6.07, 6.45) is 9.87. The van der Waals surface area contributed by atoms with E-state index in [0.29, 0.717) is 25.3 Å². The number of aryl methyl sites for hydroxylation is 4. The van der Waals surface area contributed by atoms with E-state index in [1.807, 2.05) is 4.90 Å². The van der Waals surface area contributed by atoms with Gasteiger partial charge in [-0.3, -0.25) is 19.5 Å². The smallest absolute Gasteiger partial charge is 0.317 e. The number of likely N-dealkylation sites (tertiary alicyclic amines) is 1. The van der Waals surface area contributed by atoms with Crippen molar-refractivity contribution in [3.05, 3.63) is 52.7 Å². The second-order valence-electron chi connectivity index (χ2n) is 9.78. The third kappa shape index (κ3) is 6.29. The number of nitrogens with zero attached hydrogens (tertiary/aromatic N) is 2. The van der Waals surface area contributed by atoms with Crippen molar-refractivity contribution in [2.75, 3.05) is 19.6 Å². The zero-order valence-corrected chi connectivity index (χ0v) is 19.8. The summed E-state index contributed by atoms with van der Waals surface area (Å²) in [6.45, 7) is 3.66. The highest BCUT2D eigenvalue weighted by Gasteiger charge is 2.25. The molecular weight excluding hydrogens is 412 g/mol. The molecule has 33 heavy (non-hydrogen) atoms. The van der Waals surface area contributed by atoms with E-state index in [1.54, 1.807) is 0 Å². The number of carbonyl (C=O) groups excluding carboxylic acids is 1. The van der Waals surface area contributed by atoms with Crippen LogP contribution in [0.25, 0.3) is 11.3 Å². The maximum atomic E-state index is 12.6. The predicted octanol–water partition coefficient (Wildman–Crippen LogP) is 5.01. The molecule has 1 aromatic carbocycles. The Morgan fingerprint density at radius 1 is 1.06 bits per heavy atom. The van der Waals surface area contributed by atoms with Crippen molar-refractivity contribution in [2.45, 2.75) is 71.1 Å². The van der Waals surface area contributed by atoms with Crippen molar-refractivity contribution in [2.24, 2.45) is 5.92 Å². The monoisotopic (exact) mass is 448 g/mol. The number of unbranched alkanes of at least 4 members (excludes halogenated alkanes) is 1. The zero-order chi connectivity index (χ0) is 23.2. The standard InChI is InChI=1S/C28H36N2O3/c1-20-10-11-21(18-24(20)26-13-12-22-7-3-4-8-25(22)29-26)6-2-5-9-27(31)23-14-16-30(17-15-23)19-28(32)33/h10-13,18,23H,2-9,14-17,19H2,1H3,(H,32,33). The number of hydrogen-bond donors (Lipinski definition) is 1. The van der Waals surface area contributed by atoms with E-state index in [4.69, 9.17) is 10.1 Å². The molecular formula is C28H36N2O3. The second-order valence-corrected chi connectivity index (χ2v) is 9.78. The number of pyridine rings is 1. The Morgan fingerprint density at radius 2 is 1.85 bits per heavy atom. The van der Waals surface area contributed by atoms with Crippen molar-refractivity contribution >= 4 is 11.8 Å². The van der Waals surface area contributed by atoms with Crippen LogP contribution in [0.2, 0.25) is 0 Å². The average molecular weight is 449 g/mol. The van der Waals surface area contributed by atoms with Crippen LogP contribution in [0.5, 0.6) is 0 Å². The molecule has 2 aromatic rings. The van der Waals surface area contributed by atoms with E-state index < -0.39 is 5.97 Å². The molecule has 1 aliphatic carbocycles. The summed E-state index contributed by atoms with van der Waals surface area (Å²) in [4.78, 5) is 30.4. The largest absolute Gasteiger partial charge is 0.480 e. The normalized spacial score (nSPS) is 17.0. The highest BCUT2D eigenvalue weighted by Crippen LogP contribution is 2.28. The molecule has 2 heterocycles. The molecule has 1 saturated heterocycles. The van der Waals surface area contributed by atoms with Gasteiger partial charge in [0.2, 0.25) is 0 Å². The Balaban J connectivity index is 1.27. The summed E-state index contributed by atoms with van der Waals surface area (Å²) in [5.41, 5.74) is 7.56. The van der Waals surface area contributed by atoms with Crippen LogP contribution in [0, 0.1) is 12.8 Å². The molecule has 1 aromatic heterocycles. The summed E-state index contributed by atoms with van der Waals surface area (Å²) in [5.74, 6) is -0.328. The SMILES string of the molecule is Cc1ccc(CCCCC(=O)C2CCN(CC(=O)O)CC2)cc1-c1ccc2c(n1)CCCC2. The van der Waals surface area contributed by atoms with Gasteiger partial charge in [0.05, 0.1) is 12.2 Å². The minimum absolute atomic E-state index is 0.0838. The minimum Gasteiger partial charge on any atom is -0.480 e. The highest BCUT2D eigenvalue weighted by molar-refractivity contribution is 5.81. The topological polar surface area (TPSA) is 70.5 Å². The molecule has 1 aliphatic heterocycles. The summed E-state index contributed by atoms with van der Waals surface area (Å²) >= 11 is 0. The molecule has 4 rings (SSSR count). The number of piperidine rings is 1. The van der Waals surface area contributed by atoms with E-state index >= 15 is 0 Å². The van der Waals surface area contributed by atoms with Crippen molar-refractivity contribution in [1.82, 2.24) is 9.88 Å². The lowest BCUT2D eigenvalue weighted by Crippen LogP contribution is -2.39. The summed E-state index contributed by atoms with van der Waals surface area (Å²) in [6, 6.07) is 11.1. The number of rotatable bonds is 9. The third-order valence-electron chi connectivity index (χ3n) is 7.30. The molecule has 0 unspecified atom stereocenters. The van der Waals surface area contributed by atoms with Gasteiger partial charge in [-0.05, 0) is 107 Å². The molecule has 5 nitrogen and oxygen atoms in total. The number of ketones is 1. The van der Waals surface area contributed by atoms with Gasteiger partial charge in [-0.25, -0.2) is 0 Å². The Bertz CT molecular complexity index is 993. The fourth-order valence-corrected chi connectivity index (χ4v) is 5.27. The molecule has 0 saturated carbocycles. The molecule has 0 amide bonds. The highest BCUT2D eigenvalue weighted by atomic mass is 16.4. The zero-order valence-electron chi connectivity index (χ0n) is 19.8. The lowest BCUT2D eigenvalue weighted by atomic mass is 9.89. The molecule has 1 N–H and O–H groups in total. The number of carboxylic acids is 1. The van der Waals surface area contributed by atoms with Crippen LogP contribution < -0.4 is 0 Å². The van der Waals surface area contributed by atoms with Crippen LogP contribution in [0.4, 0.5) is 0 Å². The van der Waals surface area contributed by atoms with Crippen LogP contribution in [0.3, 0.4) is 0 Å². The number of aliphatic carboxylic acids is 1. The predicted molar refractivity (Wildman–Crippen MR) is 130 cm³/mol. The van der Waals surface area contributed by atoms with Crippen LogP contribution in [-0.4, -0.2) is 46.4 Å². The summed E-state index contributed by atoms with van der Waals surface area (Å²) in [7, 11) is 0. The van der Waals surface area contributed by atoms with Gasteiger partial charge in [-0.15, -0.1) is 0 Å². The van der Waals surface area contributed by atoms with Crippen LogP contribution in [0.1, 0.15) is 67.3 Å². The molecule has 176 valence electrons. The van der Waals surface area contributed by atoms with E-state index in [0.717, 1.165) is 50.6 Å². The van der Waals surface area contributed by atoms with Gasteiger partial charge >= 0.3 is 5.97 Å². The lowest BCUT2D eigenvalue weighted by Gasteiger charge is -2.29. The first-order valence-electron chi connectivity index (χ1n) is 12.5. The van der Waals surface area contributed by atoms with Crippen LogP contribution in [-0.2, 0) is 28.9 Å². The van der Waals surface area contributed by atoms with Crippen molar-refractivity contribution in [3.63, 3.8) is 0 Å². The first-order valence-corrected chi connectivity index (χ1v) is 12.5. The number of carboxylic acid groups (broad SMARTS) is 1. The first-order chi connectivity index (χ1) is 16.0. The summed E-state index contributed by atoms with van der Waals surface area (Å²) in [5, 5.41) is 8.91. The van der Waals surface area contributed by atoms with Crippen molar-refractivity contribution in [3.8, 4) is 11.3 Å². The number of benzene rings is 1. The van der Waals surface area contributed by atoms with Gasteiger partial charge in [-0.1, -0.05) is 18.2 Å². The Hall–Kier alpha value is -2.53. The molecule has 0 radical (unpaired) electrons. The van der Waals surface area contributed by atoms with E-state index in [2.05, 4.69) is 37.3 Å². The molecule has 0 spiro atoms. The average Bonchev–Trinajstić information content (AvgIpc) is 2.82. The summed E-state index contributed by atoms with van der Waals surface area (Å²) < 4.78 is 0. The van der Waals surface area contributed by atoms with E-state index in [-0.39, 0.29) is 12.5 Å². The van der Waals surface area contributed by atoms with Gasteiger partial charge in [-0.2, -0.15) is 0 Å². The van der Waals surface area contributed by atoms with Gasteiger partial charge in [0.1, 0.15) is 5.78 Å². The Kier molecular flexibility index (Phi) is 7.92. The van der Waals surface area contributed by atoms with E-state index in [1.165, 1.54) is 40.8 Å². The quantitative estimate of drug-likeness (QED) is 0.546. The van der Waals surface area contributed by atoms with Crippen molar-refractivity contribution < 1.29 is 14.7 Å². The molecule has 2 aliphatic rings. The number of aromatic nitrogens is 1. The molecule has 1 fully saturated rings. The van der Waals surface area contributed by atoms with Crippen molar-refractivity contribution in [1.29, 1.82) is 0 Å². The number of hydrogen-bond acceptors (Lipinski definition) is 4. The number of Topliss-reactive ketones (excluding diaryl/α,β-unsaturated/α-hetero) is 1. The maximum Gasteiger partial charge on any atom is 0.317 e. The number of carbonyl (C=O) groups is 2. The van der Waals surface area contributed by atoms with Crippen LogP contribution in [0.15, 0.2) is 30.3 Å². The van der Waals surface area contributed by atoms with Crippen LogP contribution >= 0.6 is 0 Å². The second kappa shape index (κ2) is 11.1. The van der Waals surface area contributed by atoms with Gasteiger partial charge in [0, 0.05) is 23.6 Å². The fraction of sp³-hybridized carbons (Fsp3) is 0.536. The Morgan fingerprint density at radius 3 is 2.64 bits per heavy atom. The molecule has 0 bridgehead atoms. The molecule has 0 atom stereocenters. The van der Waals surface area contributed by atoms with Gasteiger partial charge < -0.3 is 5.11 Å². The third-order valence-corrected chi connectivity index (χ3v) is 7.30. The molecule has 5 heteroatoms. The van der Waals surface area contributed by atoms with Gasteiger partial charge in [0.15, 0.2) is 0 Å². The Labute approximate surface area is 197 Å². The first kappa shape index (κ1) is 23.6. The minimum atomic E-state index is -0.790. The van der Waals surface area contributed by atoms with E-state index in [9.17, 15) is 9.59 Å².